The Hall–Kier alpha value is -7.16. The van der Waals surface area contributed by atoms with E-state index in [1.165, 1.54) is 44.2 Å². The molecule has 0 atom stereocenters. The fraction of sp³-hybridized carbons (Fsp3) is 0. The first-order valence-corrected chi connectivity index (χ1v) is 18.4. The zero-order valence-electron chi connectivity index (χ0n) is 29.6. The molecule has 0 bridgehead atoms. The van der Waals surface area contributed by atoms with E-state index in [2.05, 4.69) is 217 Å². The van der Waals surface area contributed by atoms with E-state index in [9.17, 15) is 0 Å². The fourth-order valence-corrected chi connectivity index (χ4v) is 7.80. The van der Waals surface area contributed by atoms with Crippen LogP contribution >= 0.6 is 0 Å². The van der Waals surface area contributed by atoms with Crippen LogP contribution in [-0.4, -0.2) is 0 Å². The molecule has 10 rings (SSSR count). The number of nitrogens with zero attached hydrogens (tertiary/aromatic N) is 1. The van der Waals surface area contributed by atoms with Crippen molar-refractivity contribution in [2.75, 3.05) is 4.90 Å². The van der Waals surface area contributed by atoms with Crippen LogP contribution in [0.5, 0.6) is 0 Å². The third-order valence-electron chi connectivity index (χ3n) is 10.5. The Morgan fingerprint density at radius 2 is 0.833 bits per heavy atom. The molecular formula is C52H35NO. The molecule has 2 nitrogen and oxygen atoms in total. The van der Waals surface area contributed by atoms with E-state index in [1.54, 1.807) is 0 Å². The van der Waals surface area contributed by atoms with Gasteiger partial charge in [-0.05, 0) is 98.2 Å². The SMILES string of the molecule is c1ccc(-c2ccc(N(c3ccc(-c4cccc5ccccc45)cc3)c3cccc(-c4cccc5c4oc4ccc(-c6ccccc6)cc45)c3)cc2)cc1. The third kappa shape index (κ3) is 5.71. The van der Waals surface area contributed by atoms with Crippen molar-refractivity contribution >= 4 is 49.8 Å². The number of anilines is 3. The van der Waals surface area contributed by atoms with E-state index in [1.807, 2.05) is 0 Å². The first-order valence-electron chi connectivity index (χ1n) is 18.4. The van der Waals surface area contributed by atoms with Crippen LogP contribution in [0, 0.1) is 0 Å². The van der Waals surface area contributed by atoms with Crippen LogP contribution in [0.4, 0.5) is 17.1 Å². The molecule has 0 unspecified atom stereocenters. The maximum absolute atomic E-state index is 6.63. The molecule has 2 heteroatoms. The predicted octanol–water partition coefficient (Wildman–Crippen LogP) is 14.9. The Bertz CT molecular complexity index is 2900. The van der Waals surface area contributed by atoms with Gasteiger partial charge in [-0.2, -0.15) is 0 Å². The zero-order valence-corrected chi connectivity index (χ0v) is 29.6. The van der Waals surface area contributed by atoms with Gasteiger partial charge in [0.25, 0.3) is 0 Å². The Labute approximate surface area is 314 Å². The van der Waals surface area contributed by atoms with Gasteiger partial charge < -0.3 is 9.32 Å². The van der Waals surface area contributed by atoms with Crippen molar-refractivity contribution in [1.82, 2.24) is 0 Å². The van der Waals surface area contributed by atoms with Crippen molar-refractivity contribution in [1.29, 1.82) is 0 Å². The minimum absolute atomic E-state index is 0.889. The lowest BCUT2D eigenvalue weighted by Crippen LogP contribution is -2.10. The summed E-state index contributed by atoms with van der Waals surface area (Å²) in [5.41, 5.74) is 14.4. The highest BCUT2D eigenvalue weighted by molar-refractivity contribution is 6.10. The van der Waals surface area contributed by atoms with Gasteiger partial charge in [0.2, 0.25) is 0 Å². The zero-order chi connectivity index (χ0) is 35.8. The molecule has 0 N–H and O–H groups in total. The van der Waals surface area contributed by atoms with Gasteiger partial charge in [0.1, 0.15) is 11.2 Å². The summed E-state index contributed by atoms with van der Waals surface area (Å²) >= 11 is 0. The van der Waals surface area contributed by atoms with E-state index < -0.39 is 0 Å². The van der Waals surface area contributed by atoms with Crippen molar-refractivity contribution in [3.63, 3.8) is 0 Å². The molecule has 54 heavy (non-hydrogen) atoms. The fourth-order valence-electron chi connectivity index (χ4n) is 7.80. The summed E-state index contributed by atoms with van der Waals surface area (Å²) in [5.74, 6) is 0. The lowest BCUT2D eigenvalue weighted by Gasteiger charge is -2.26. The summed E-state index contributed by atoms with van der Waals surface area (Å²) in [5, 5.41) is 4.73. The molecule has 0 saturated heterocycles. The van der Waals surface area contributed by atoms with Gasteiger partial charge >= 0.3 is 0 Å². The first kappa shape index (κ1) is 31.6. The maximum atomic E-state index is 6.63. The molecule has 0 radical (unpaired) electrons. The summed E-state index contributed by atoms with van der Waals surface area (Å²) in [6, 6.07) is 75.8. The van der Waals surface area contributed by atoms with E-state index >= 15 is 0 Å². The average molecular weight is 690 g/mol. The lowest BCUT2D eigenvalue weighted by molar-refractivity contribution is 0.670. The molecule has 10 aromatic rings. The Balaban J connectivity index is 1.08. The highest BCUT2D eigenvalue weighted by atomic mass is 16.3. The molecule has 0 aliphatic heterocycles. The monoisotopic (exact) mass is 689 g/mol. The van der Waals surface area contributed by atoms with E-state index in [0.29, 0.717) is 0 Å². The molecule has 1 aromatic heterocycles. The molecule has 9 aromatic carbocycles. The summed E-state index contributed by atoms with van der Waals surface area (Å²) in [7, 11) is 0. The van der Waals surface area contributed by atoms with Gasteiger partial charge in [-0.1, -0.05) is 164 Å². The second-order valence-corrected chi connectivity index (χ2v) is 13.7. The predicted molar refractivity (Wildman–Crippen MR) is 228 cm³/mol. The molecule has 0 aliphatic rings. The minimum Gasteiger partial charge on any atom is -0.455 e. The van der Waals surface area contributed by atoms with Gasteiger partial charge in [0.05, 0.1) is 0 Å². The van der Waals surface area contributed by atoms with Crippen LogP contribution in [0.1, 0.15) is 0 Å². The number of para-hydroxylation sites is 1. The second-order valence-electron chi connectivity index (χ2n) is 13.7. The number of benzene rings is 9. The van der Waals surface area contributed by atoms with Gasteiger partial charge in [0, 0.05) is 33.4 Å². The molecule has 0 fully saturated rings. The van der Waals surface area contributed by atoms with E-state index in [-0.39, 0.29) is 0 Å². The van der Waals surface area contributed by atoms with Crippen molar-refractivity contribution in [3.05, 3.63) is 212 Å². The van der Waals surface area contributed by atoms with Crippen molar-refractivity contribution in [2.24, 2.45) is 0 Å². The molecule has 0 spiro atoms. The lowest BCUT2D eigenvalue weighted by atomic mass is 9.97. The van der Waals surface area contributed by atoms with Crippen LogP contribution in [0.2, 0.25) is 0 Å². The topological polar surface area (TPSA) is 16.4 Å². The molecule has 0 aliphatic carbocycles. The number of hydrogen-bond acceptors (Lipinski definition) is 2. The minimum atomic E-state index is 0.889. The van der Waals surface area contributed by atoms with Crippen LogP contribution in [-0.2, 0) is 0 Å². The van der Waals surface area contributed by atoms with Crippen molar-refractivity contribution < 1.29 is 4.42 Å². The maximum Gasteiger partial charge on any atom is 0.143 e. The van der Waals surface area contributed by atoms with Gasteiger partial charge in [-0.3, -0.25) is 0 Å². The van der Waals surface area contributed by atoms with Crippen LogP contribution in [0.15, 0.2) is 217 Å². The highest BCUT2D eigenvalue weighted by Crippen LogP contribution is 2.42. The quantitative estimate of drug-likeness (QED) is 0.166. The molecule has 254 valence electrons. The van der Waals surface area contributed by atoms with Crippen LogP contribution in [0.25, 0.3) is 77.2 Å². The smallest absolute Gasteiger partial charge is 0.143 e. The summed E-state index contributed by atoms with van der Waals surface area (Å²) in [6.07, 6.45) is 0. The molecule has 0 amide bonds. The Morgan fingerprint density at radius 1 is 0.296 bits per heavy atom. The van der Waals surface area contributed by atoms with Crippen LogP contribution < -0.4 is 4.90 Å². The number of furan rings is 1. The number of rotatable bonds is 7. The highest BCUT2D eigenvalue weighted by Gasteiger charge is 2.17. The third-order valence-corrected chi connectivity index (χ3v) is 10.5. The average Bonchev–Trinajstić information content (AvgIpc) is 3.63. The van der Waals surface area contributed by atoms with E-state index in [4.69, 9.17) is 4.42 Å². The second kappa shape index (κ2) is 13.4. The normalized spacial score (nSPS) is 11.3. The Kier molecular flexibility index (Phi) is 7.85. The summed E-state index contributed by atoms with van der Waals surface area (Å²) in [6.45, 7) is 0. The van der Waals surface area contributed by atoms with E-state index in [0.717, 1.165) is 50.1 Å². The summed E-state index contributed by atoms with van der Waals surface area (Å²) < 4.78 is 6.63. The number of fused-ring (bicyclic) bond motifs is 4. The first-order chi connectivity index (χ1) is 26.8. The molecule has 0 saturated carbocycles. The van der Waals surface area contributed by atoms with Gasteiger partial charge in [0.15, 0.2) is 0 Å². The van der Waals surface area contributed by atoms with Crippen molar-refractivity contribution in [2.45, 2.75) is 0 Å². The summed E-state index contributed by atoms with van der Waals surface area (Å²) in [4.78, 5) is 2.34. The van der Waals surface area contributed by atoms with Crippen molar-refractivity contribution in [3.8, 4) is 44.5 Å². The molecule has 1 heterocycles. The molecular weight excluding hydrogens is 655 g/mol. The van der Waals surface area contributed by atoms with Gasteiger partial charge in [-0.15, -0.1) is 0 Å². The Morgan fingerprint density at radius 3 is 1.59 bits per heavy atom. The standard InChI is InChI=1S/C52H35NO/c1-3-12-36(13-4-1)38-24-29-43(30-25-38)53(44-31-26-40(27-32-44)47-21-10-17-39-16-7-8-20-46(39)47)45-19-9-18-42(34-45)48-22-11-23-49-50-35-41(37-14-5-2-6-15-37)28-33-51(50)54-52(48)49/h1-35H. The van der Waals surface area contributed by atoms with Gasteiger partial charge in [-0.25, -0.2) is 0 Å². The number of hydrogen-bond donors (Lipinski definition) is 0. The van der Waals surface area contributed by atoms with Crippen LogP contribution in [0.3, 0.4) is 0 Å². The largest absolute Gasteiger partial charge is 0.455 e.